The smallest absolute Gasteiger partial charge is 0.317 e. The Labute approximate surface area is 112 Å². The fraction of sp³-hybridized carbons (Fsp3) is 0.923. The lowest BCUT2D eigenvalue weighted by Gasteiger charge is -2.26. The van der Waals surface area contributed by atoms with Gasteiger partial charge in [-0.2, -0.15) is 13.2 Å². The lowest BCUT2D eigenvalue weighted by molar-refractivity contribution is -0.162. The quantitative estimate of drug-likeness (QED) is 0.811. The van der Waals surface area contributed by atoms with E-state index >= 15 is 0 Å². The molecule has 1 rings (SSSR count). The number of carbonyl (C=O) groups excluding carboxylic acids is 1. The van der Waals surface area contributed by atoms with Crippen molar-refractivity contribution in [1.29, 1.82) is 0 Å². The van der Waals surface area contributed by atoms with Crippen LogP contribution in [0.1, 0.15) is 46.5 Å². The number of halogens is 3. The molecule has 1 amide bonds. The molecule has 1 fully saturated rings. The van der Waals surface area contributed by atoms with Crippen molar-refractivity contribution in [3.63, 3.8) is 0 Å². The minimum atomic E-state index is -4.34. The maximum absolute atomic E-state index is 12.5. The third-order valence-corrected chi connectivity index (χ3v) is 3.24. The molecule has 0 saturated carbocycles. The van der Waals surface area contributed by atoms with Crippen molar-refractivity contribution >= 4 is 5.91 Å². The number of nitrogens with one attached hydrogen (secondary N) is 1. The standard InChI is InChI=1S/C13H23F3N2O/c1-4-5-6-10-12(19)18(8-13(14,15)16)11(17-10)7-9(2)3/h9-11,17H,4-8H2,1-3H3. The molecule has 0 radical (unpaired) electrons. The van der Waals surface area contributed by atoms with E-state index in [1.165, 1.54) is 0 Å². The first-order chi connectivity index (χ1) is 8.74. The topological polar surface area (TPSA) is 32.3 Å². The normalized spacial score (nSPS) is 24.6. The van der Waals surface area contributed by atoms with Crippen LogP contribution in [0.2, 0.25) is 0 Å². The Bertz CT molecular complexity index is 305. The van der Waals surface area contributed by atoms with Crippen molar-refractivity contribution < 1.29 is 18.0 Å². The number of alkyl halides is 3. The number of carbonyl (C=O) groups is 1. The molecule has 3 nitrogen and oxygen atoms in total. The van der Waals surface area contributed by atoms with Crippen LogP contribution in [0.15, 0.2) is 0 Å². The third-order valence-electron chi connectivity index (χ3n) is 3.24. The summed E-state index contributed by atoms with van der Waals surface area (Å²) in [4.78, 5) is 13.0. The molecule has 2 atom stereocenters. The molecule has 1 N–H and O–H groups in total. The van der Waals surface area contributed by atoms with Gasteiger partial charge in [0.15, 0.2) is 0 Å². The monoisotopic (exact) mass is 280 g/mol. The minimum Gasteiger partial charge on any atom is -0.317 e. The van der Waals surface area contributed by atoms with Gasteiger partial charge < -0.3 is 4.90 Å². The zero-order chi connectivity index (χ0) is 14.6. The summed E-state index contributed by atoms with van der Waals surface area (Å²) in [6.07, 6.45) is -1.90. The fourth-order valence-corrected chi connectivity index (χ4v) is 2.39. The highest BCUT2D eigenvalue weighted by Gasteiger charge is 2.43. The SMILES string of the molecule is CCCCC1NC(CC(C)C)N(CC(F)(F)F)C1=O. The van der Waals surface area contributed by atoms with Crippen LogP contribution < -0.4 is 5.32 Å². The summed E-state index contributed by atoms with van der Waals surface area (Å²) in [5.41, 5.74) is 0. The van der Waals surface area contributed by atoms with Crippen molar-refractivity contribution in [2.45, 2.75) is 64.8 Å². The van der Waals surface area contributed by atoms with Gasteiger partial charge in [-0.15, -0.1) is 0 Å². The Balaban J connectivity index is 2.73. The molecule has 2 unspecified atom stereocenters. The summed E-state index contributed by atoms with van der Waals surface area (Å²) in [7, 11) is 0. The fourth-order valence-electron chi connectivity index (χ4n) is 2.39. The van der Waals surface area contributed by atoms with Gasteiger partial charge in [0.05, 0.1) is 12.2 Å². The van der Waals surface area contributed by atoms with E-state index in [0.29, 0.717) is 12.8 Å². The summed E-state index contributed by atoms with van der Waals surface area (Å²) in [6.45, 7) is 4.73. The van der Waals surface area contributed by atoms with E-state index in [4.69, 9.17) is 0 Å². The average molecular weight is 280 g/mol. The van der Waals surface area contributed by atoms with Crippen LogP contribution in [0.25, 0.3) is 0 Å². The molecule has 6 heteroatoms. The molecule has 0 spiro atoms. The Morgan fingerprint density at radius 2 is 2.00 bits per heavy atom. The molecule has 1 heterocycles. The van der Waals surface area contributed by atoms with Gasteiger partial charge >= 0.3 is 6.18 Å². The van der Waals surface area contributed by atoms with E-state index in [0.717, 1.165) is 17.7 Å². The van der Waals surface area contributed by atoms with E-state index in [1.54, 1.807) is 0 Å². The van der Waals surface area contributed by atoms with Crippen LogP contribution in [0, 0.1) is 5.92 Å². The number of hydrogen-bond donors (Lipinski definition) is 1. The van der Waals surface area contributed by atoms with E-state index in [1.807, 2.05) is 20.8 Å². The van der Waals surface area contributed by atoms with Gasteiger partial charge in [0, 0.05) is 0 Å². The molecular weight excluding hydrogens is 257 g/mol. The van der Waals surface area contributed by atoms with Gasteiger partial charge in [-0.25, -0.2) is 0 Å². The maximum atomic E-state index is 12.5. The lowest BCUT2D eigenvalue weighted by Crippen LogP contribution is -2.43. The van der Waals surface area contributed by atoms with Crippen LogP contribution in [0.4, 0.5) is 13.2 Å². The van der Waals surface area contributed by atoms with Gasteiger partial charge in [-0.3, -0.25) is 10.1 Å². The summed E-state index contributed by atoms with van der Waals surface area (Å²) in [5.74, 6) is -0.164. The van der Waals surface area contributed by atoms with Crippen LogP contribution >= 0.6 is 0 Å². The van der Waals surface area contributed by atoms with Crippen LogP contribution in [-0.4, -0.2) is 35.7 Å². The third kappa shape index (κ3) is 5.01. The number of hydrogen-bond acceptors (Lipinski definition) is 2. The van der Waals surface area contributed by atoms with Gasteiger partial charge in [0.1, 0.15) is 6.54 Å². The molecule has 112 valence electrons. The minimum absolute atomic E-state index is 0.242. The van der Waals surface area contributed by atoms with Crippen molar-refractivity contribution in [3.8, 4) is 0 Å². The van der Waals surface area contributed by atoms with Crippen LogP contribution in [-0.2, 0) is 4.79 Å². The Kier molecular flexibility index (Phi) is 5.64. The first-order valence-corrected chi connectivity index (χ1v) is 6.88. The van der Waals surface area contributed by atoms with E-state index in [-0.39, 0.29) is 5.92 Å². The van der Waals surface area contributed by atoms with E-state index < -0.39 is 30.8 Å². The number of rotatable bonds is 6. The second kappa shape index (κ2) is 6.59. The predicted octanol–water partition coefficient (Wildman–Crippen LogP) is 2.91. The zero-order valence-corrected chi connectivity index (χ0v) is 11.8. The molecular formula is C13H23F3N2O. The first-order valence-electron chi connectivity index (χ1n) is 6.88. The molecule has 0 bridgehead atoms. The van der Waals surface area contributed by atoms with Crippen molar-refractivity contribution in [2.24, 2.45) is 5.92 Å². The van der Waals surface area contributed by atoms with Crippen molar-refractivity contribution in [3.05, 3.63) is 0 Å². The summed E-state index contributed by atoms with van der Waals surface area (Å²) < 4.78 is 37.6. The largest absolute Gasteiger partial charge is 0.406 e. The molecule has 1 aliphatic heterocycles. The van der Waals surface area contributed by atoms with Gasteiger partial charge in [-0.1, -0.05) is 33.6 Å². The maximum Gasteiger partial charge on any atom is 0.406 e. The molecule has 1 aliphatic rings. The Morgan fingerprint density at radius 3 is 2.47 bits per heavy atom. The van der Waals surface area contributed by atoms with E-state index in [2.05, 4.69) is 5.32 Å². The second-order valence-corrected chi connectivity index (χ2v) is 5.59. The summed E-state index contributed by atoms with van der Waals surface area (Å²) in [6, 6.07) is -0.453. The summed E-state index contributed by atoms with van der Waals surface area (Å²) in [5, 5.41) is 3.06. The van der Waals surface area contributed by atoms with Gasteiger partial charge in [-0.05, 0) is 18.8 Å². The molecule has 0 aromatic heterocycles. The van der Waals surface area contributed by atoms with Gasteiger partial charge in [0.2, 0.25) is 5.91 Å². The molecule has 1 saturated heterocycles. The lowest BCUT2D eigenvalue weighted by atomic mass is 10.1. The highest BCUT2D eigenvalue weighted by atomic mass is 19.4. The van der Waals surface area contributed by atoms with Crippen molar-refractivity contribution in [1.82, 2.24) is 10.2 Å². The van der Waals surface area contributed by atoms with Crippen LogP contribution in [0.5, 0.6) is 0 Å². The zero-order valence-electron chi connectivity index (χ0n) is 11.8. The predicted molar refractivity (Wildman–Crippen MR) is 67.5 cm³/mol. The first kappa shape index (κ1) is 16.3. The highest BCUT2D eigenvalue weighted by molar-refractivity contribution is 5.84. The second-order valence-electron chi connectivity index (χ2n) is 5.59. The number of unbranched alkanes of at least 4 members (excludes halogenated alkanes) is 1. The Morgan fingerprint density at radius 1 is 1.37 bits per heavy atom. The van der Waals surface area contributed by atoms with Crippen molar-refractivity contribution in [2.75, 3.05) is 6.54 Å². The summed E-state index contributed by atoms with van der Waals surface area (Å²) >= 11 is 0. The van der Waals surface area contributed by atoms with Gasteiger partial charge in [0.25, 0.3) is 0 Å². The number of amides is 1. The Hall–Kier alpha value is -0.780. The number of nitrogens with zero attached hydrogens (tertiary/aromatic N) is 1. The molecule has 19 heavy (non-hydrogen) atoms. The van der Waals surface area contributed by atoms with Crippen LogP contribution in [0.3, 0.4) is 0 Å². The highest BCUT2D eigenvalue weighted by Crippen LogP contribution is 2.25. The average Bonchev–Trinajstić information content (AvgIpc) is 2.52. The molecule has 0 aromatic rings. The van der Waals surface area contributed by atoms with E-state index in [9.17, 15) is 18.0 Å². The molecule has 0 aromatic carbocycles. The molecule has 0 aliphatic carbocycles.